The molecule has 3 aromatic carbocycles. The Morgan fingerprint density at radius 2 is 1.73 bits per heavy atom. The molecule has 0 spiro atoms. The van der Waals surface area contributed by atoms with Gasteiger partial charge < -0.3 is 18.8 Å². The topological polar surface area (TPSA) is 64.8 Å². The Morgan fingerprint density at radius 1 is 1.00 bits per heavy atom. The first-order chi connectivity index (χ1) is 14.6. The van der Waals surface area contributed by atoms with Gasteiger partial charge in [0.05, 0.1) is 20.8 Å². The van der Waals surface area contributed by atoms with Crippen LogP contribution < -0.4 is 14.4 Å². The number of aromatic nitrogens is 1. The van der Waals surface area contributed by atoms with Gasteiger partial charge in [-0.1, -0.05) is 18.2 Å². The number of rotatable bonds is 4. The van der Waals surface area contributed by atoms with E-state index in [0.717, 1.165) is 27.9 Å². The van der Waals surface area contributed by atoms with Gasteiger partial charge >= 0.3 is 0 Å². The summed E-state index contributed by atoms with van der Waals surface area (Å²) >= 11 is 0. The number of oxazole rings is 1. The molecule has 4 aromatic rings. The molecule has 1 aliphatic rings. The van der Waals surface area contributed by atoms with Crippen LogP contribution in [0.25, 0.3) is 22.6 Å². The van der Waals surface area contributed by atoms with Crippen LogP contribution in [0.4, 0.5) is 5.69 Å². The highest BCUT2D eigenvalue weighted by molar-refractivity contribution is 6.10. The predicted molar refractivity (Wildman–Crippen MR) is 114 cm³/mol. The number of anilines is 1. The maximum absolute atomic E-state index is 12.9. The first kappa shape index (κ1) is 18.2. The van der Waals surface area contributed by atoms with E-state index in [1.54, 1.807) is 25.2 Å². The third kappa shape index (κ3) is 2.88. The van der Waals surface area contributed by atoms with Crippen LogP contribution in [-0.4, -0.2) is 25.1 Å². The van der Waals surface area contributed by atoms with Gasteiger partial charge in [-0.2, -0.15) is 0 Å². The fraction of sp³-hybridized carbons (Fsp3) is 0.167. The molecule has 6 heteroatoms. The van der Waals surface area contributed by atoms with E-state index in [4.69, 9.17) is 13.9 Å². The monoisotopic (exact) mass is 400 g/mol. The molecule has 150 valence electrons. The summed E-state index contributed by atoms with van der Waals surface area (Å²) in [6.45, 7) is 2.51. The second-order valence-electron chi connectivity index (χ2n) is 7.28. The maximum atomic E-state index is 12.9. The standard InChI is InChI=1S/C24H20N2O4/c1-14-8-17(26-13-15-6-4-5-7-20(15)24(26)27)11-21-22(14)30-23(25-21)16-9-18(28-2)12-19(10-16)29-3/h4-12H,13H2,1-3H3. The van der Waals surface area contributed by atoms with Crippen molar-refractivity contribution in [3.05, 3.63) is 71.3 Å². The van der Waals surface area contributed by atoms with Gasteiger partial charge in [-0.05, 0) is 48.4 Å². The van der Waals surface area contributed by atoms with Gasteiger partial charge in [0.25, 0.3) is 5.91 Å². The van der Waals surface area contributed by atoms with Crippen LogP contribution in [0.15, 0.2) is 59.0 Å². The molecule has 1 aromatic heterocycles. The van der Waals surface area contributed by atoms with Crippen molar-refractivity contribution in [1.82, 2.24) is 4.98 Å². The van der Waals surface area contributed by atoms with Crippen LogP contribution in [0.5, 0.6) is 11.5 Å². The van der Waals surface area contributed by atoms with Crippen molar-refractivity contribution in [1.29, 1.82) is 0 Å². The first-order valence-corrected chi connectivity index (χ1v) is 9.62. The Bertz CT molecular complexity index is 1270. The molecule has 0 fully saturated rings. The minimum Gasteiger partial charge on any atom is -0.497 e. The van der Waals surface area contributed by atoms with E-state index in [1.807, 2.05) is 55.5 Å². The van der Waals surface area contributed by atoms with Crippen molar-refractivity contribution in [2.45, 2.75) is 13.5 Å². The summed E-state index contributed by atoms with van der Waals surface area (Å²) < 4.78 is 16.8. The first-order valence-electron chi connectivity index (χ1n) is 9.62. The molecule has 0 saturated heterocycles. The fourth-order valence-corrected chi connectivity index (χ4v) is 3.85. The number of carbonyl (C=O) groups is 1. The van der Waals surface area contributed by atoms with Crippen molar-refractivity contribution in [2.24, 2.45) is 0 Å². The predicted octanol–water partition coefficient (Wildman–Crippen LogP) is 4.98. The van der Waals surface area contributed by atoms with Gasteiger partial charge in [0.1, 0.15) is 17.0 Å². The summed E-state index contributed by atoms with van der Waals surface area (Å²) in [4.78, 5) is 19.3. The highest BCUT2D eigenvalue weighted by atomic mass is 16.5. The number of hydrogen-bond acceptors (Lipinski definition) is 5. The van der Waals surface area contributed by atoms with Gasteiger partial charge in [-0.15, -0.1) is 0 Å². The fourth-order valence-electron chi connectivity index (χ4n) is 3.85. The van der Waals surface area contributed by atoms with E-state index < -0.39 is 0 Å². The van der Waals surface area contributed by atoms with Crippen LogP contribution in [0.2, 0.25) is 0 Å². The molecule has 5 rings (SSSR count). The Kier molecular flexibility index (Phi) is 4.20. The molecule has 1 amide bonds. The second-order valence-corrected chi connectivity index (χ2v) is 7.28. The van der Waals surface area contributed by atoms with Gasteiger partial charge in [0.2, 0.25) is 5.89 Å². The van der Waals surface area contributed by atoms with Gasteiger partial charge in [0, 0.05) is 22.9 Å². The van der Waals surface area contributed by atoms with E-state index >= 15 is 0 Å². The Balaban J connectivity index is 1.57. The minimum absolute atomic E-state index is 0.00519. The maximum Gasteiger partial charge on any atom is 0.258 e. The van der Waals surface area contributed by atoms with E-state index in [1.165, 1.54) is 0 Å². The van der Waals surface area contributed by atoms with Crippen LogP contribution in [0.3, 0.4) is 0 Å². The molecular formula is C24H20N2O4. The smallest absolute Gasteiger partial charge is 0.258 e. The molecule has 0 bridgehead atoms. The highest BCUT2D eigenvalue weighted by Gasteiger charge is 2.28. The van der Waals surface area contributed by atoms with E-state index in [2.05, 4.69) is 4.98 Å². The lowest BCUT2D eigenvalue weighted by Crippen LogP contribution is -2.23. The van der Waals surface area contributed by atoms with Crippen LogP contribution in [0.1, 0.15) is 21.5 Å². The highest BCUT2D eigenvalue weighted by Crippen LogP contribution is 2.35. The average molecular weight is 400 g/mol. The number of carbonyl (C=O) groups excluding carboxylic acids is 1. The molecule has 2 heterocycles. The van der Waals surface area contributed by atoms with Gasteiger partial charge in [-0.25, -0.2) is 4.98 Å². The van der Waals surface area contributed by atoms with Crippen LogP contribution >= 0.6 is 0 Å². The molecule has 6 nitrogen and oxygen atoms in total. The SMILES string of the molecule is COc1cc(OC)cc(-c2nc3cc(N4Cc5ccccc5C4=O)cc(C)c3o2)c1. The molecule has 0 unspecified atom stereocenters. The Morgan fingerprint density at radius 3 is 2.43 bits per heavy atom. The molecular weight excluding hydrogens is 380 g/mol. The number of benzene rings is 3. The van der Waals surface area contributed by atoms with Crippen LogP contribution in [0, 0.1) is 6.92 Å². The van der Waals surface area contributed by atoms with E-state index in [-0.39, 0.29) is 5.91 Å². The van der Waals surface area contributed by atoms with Crippen LogP contribution in [-0.2, 0) is 6.54 Å². The summed E-state index contributed by atoms with van der Waals surface area (Å²) in [6.07, 6.45) is 0. The molecule has 0 radical (unpaired) electrons. The zero-order valence-corrected chi connectivity index (χ0v) is 16.9. The average Bonchev–Trinajstić information content (AvgIpc) is 3.35. The number of methoxy groups -OCH3 is 2. The number of fused-ring (bicyclic) bond motifs is 2. The number of ether oxygens (including phenoxy) is 2. The van der Waals surface area contributed by atoms with Gasteiger partial charge in [-0.3, -0.25) is 4.79 Å². The summed E-state index contributed by atoms with van der Waals surface area (Å²) in [5.74, 6) is 1.79. The molecule has 0 N–H and O–H groups in total. The molecule has 0 aliphatic carbocycles. The lowest BCUT2D eigenvalue weighted by Gasteiger charge is -2.16. The summed E-state index contributed by atoms with van der Waals surface area (Å²) in [7, 11) is 3.21. The largest absolute Gasteiger partial charge is 0.497 e. The zero-order chi connectivity index (χ0) is 20.8. The molecule has 0 atom stereocenters. The van der Waals surface area contributed by atoms with Crippen molar-refractivity contribution < 1.29 is 18.7 Å². The Labute approximate surface area is 173 Å². The molecule has 0 saturated carbocycles. The van der Waals surface area contributed by atoms with Crippen molar-refractivity contribution in [3.63, 3.8) is 0 Å². The Hall–Kier alpha value is -3.80. The number of hydrogen-bond donors (Lipinski definition) is 0. The summed E-state index contributed by atoms with van der Waals surface area (Å²) in [6, 6.07) is 17.1. The molecule has 1 aliphatic heterocycles. The number of nitrogens with zero attached hydrogens (tertiary/aromatic N) is 2. The van der Waals surface area contributed by atoms with E-state index in [9.17, 15) is 4.79 Å². The summed E-state index contributed by atoms with van der Waals surface area (Å²) in [5.41, 5.74) is 5.66. The van der Waals surface area contributed by atoms with E-state index in [0.29, 0.717) is 35.0 Å². The number of amides is 1. The third-order valence-corrected chi connectivity index (χ3v) is 5.39. The third-order valence-electron chi connectivity index (χ3n) is 5.39. The quantitative estimate of drug-likeness (QED) is 0.483. The van der Waals surface area contributed by atoms with Gasteiger partial charge in [0.15, 0.2) is 5.58 Å². The lowest BCUT2D eigenvalue weighted by atomic mass is 10.1. The normalized spacial score (nSPS) is 13.0. The second kappa shape index (κ2) is 6.91. The summed E-state index contributed by atoms with van der Waals surface area (Å²) in [5, 5.41) is 0. The number of aryl methyl sites for hydroxylation is 1. The zero-order valence-electron chi connectivity index (χ0n) is 16.9. The lowest BCUT2D eigenvalue weighted by molar-refractivity contribution is 0.0996. The molecule has 30 heavy (non-hydrogen) atoms. The minimum atomic E-state index is 0.00519. The van der Waals surface area contributed by atoms with Crippen molar-refractivity contribution in [3.8, 4) is 23.0 Å². The van der Waals surface area contributed by atoms with Crippen molar-refractivity contribution >= 4 is 22.7 Å². The van der Waals surface area contributed by atoms with Crippen molar-refractivity contribution in [2.75, 3.05) is 19.1 Å².